The smallest absolute Gasteiger partial charge is 0.339 e. The zero-order valence-corrected chi connectivity index (χ0v) is 10.1. The van der Waals surface area contributed by atoms with Crippen LogP contribution >= 0.6 is 0 Å². The SMILES string of the molecule is COc1ccc(-c2oc(=O)c(C)cc2C)cc1. The van der Waals surface area contributed by atoms with Crippen molar-refractivity contribution in [3.8, 4) is 17.1 Å². The van der Waals surface area contributed by atoms with Crippen molar-refractivity contribution in [3.63, 3.8) is 0 Å². The molecule has 1 heterocycles. The third-order valence-corrected chi connectivity index (χ3v) is 2.66. The first kappa shape index (κ1) is 11.5. The van der Waals surface area contributed by atoms with Crippen LogP contribution in [0.25, 0.3) is 11.3 Å². The van der Waals surface area contributed by atoms with E-state index >= 15 is 0 Å². The fourth-order valence-corrected chi connectivity index (χ4v) is 1.73. The van der Waals surface area contributed by atoms with Gasteiger partial charge in [0.05, 0.1) is 7.11 Å². The first-order chi connectivity index (χ1) is 8.11. The van der Waals surface area contributed by atoms with Crippen molar-refractivity contribution in [1.29, 1.82) is 0 Å². The van der Waals surface area contributed by atoms with Gasteiger partial charge in [-0.3, -0.25) is 0 Å². The van der Waals surface area contributed by atoms with E-state index < -0.39 is 0 Å². The van der Waals surface area contributed by atoms with Gasteiger partial charge >= 0.3 is 5.63 Å². The number of aryl methyl sites for hydroxylation is 2. The summed E-state index contributed by atoms with van der Waals surface area (Å²) in [6.07, 6.45) is 0. The van der Waals surface area contributed by atoms with Crippen molar-refractivity contribution in [2.45, 2.75) is 13.8 Å². The zero-order valence-electron chi connectivity index (χ0n) is 10.1. The fraction of sp³-hybridized carbons (Fsp3) is 0.214. The molecule has 0 aliphatic rings. The van der Waals surface area contributed by atoms with Gasteiger partial charge < -0.3 is 9.15 Å². The lowest BCUT2D eigenvalue weighted by molar-refractivity contribution is 0.415. The molecule has 0 radical (unpaired) electrons. The monoisotopic (exact) mass is 230 g/mol. The molecule has 0 fully saturated rings. The van der Waals surface area contributed by atoms with Crippen LogP contribution < -0.4 is 10.4 Å². The van der Waals surface area contributed by atoms with Gasteiger partial charge in [0.2, 0.25) is 0 Å². The summed E-state index contributed by atoms with van der Waals surface area (Å²) in [5.74, 6) is 1.39. The first-order valence-electron chi connectivity index (χ1n) is 5.37. The van der Waals surface area contributed by atoms with E-state index in [9.17, 15) is 4.79 Å². The Labute approximate surface area is 99.7 Å². The minimum atomic E-state index is -0.290. The van der Waals surface area contributed by atoms with Crippen molar-refractivity contribution in [3.05, 3.63) is 51.9 Å². The van der Waals surface area contributed by atoms with E-state index in [0.29, 0.717) is 11.3 Å². The van der Waals surface area contributed by atoms with Gasteiger partial charge in [-0.25, -0.2) is 4.79 Å². The van der Waals surface area contributed by atoms with Gasteiger partial charge in [0.25, 0.3) is 0 Å². The molecule has 0 spiro atoms. The number of methoxy groups -OCH3 is 1. The molecule has 0 unspecified atom stereocenters. The normalized spacial score (nSPS) is 10.3. The van der Waals surface area contributed by atoms with Crippen molar-refractivity contribution in [2.24, 2.45) is 0 Å². The van der Waals surface area contributed by atoms with Gasteiger partial charge in [0.15, 0.2) is 0 Å². The van der Waals surface area contributed by atoms with E-state index in [-0.39, 0.29) is 5.63 Å². The van der Waals surface area contributed by atoms with Crippen LogP contribution in [0.4, 0.5) is 0 Å². The van der Waals surface area contributed by atoms with Crippen LogP contribution in [0.2, 0.25) is 0 Å². The minimum Gasteiger partial charge on any atom is -0.497 e. The lowest BCUT2D eigenvalue weighted by atomic mass is 10.1. The predicted octanol–water partition coefficient (Wildman–Crippen LogP) is 2.93. The van der Waals surface area contributed by atoms with E-state index in [0.717, 1.165) is 16.9 Å². The van der Waals surface area contributed by atoms with Crippen molar-refractivity contribution < 1.29 is 9.15 Å². The number of ether oxygens (including phenoxy) is 1. The largest absolute Gasteiger partial charge is 0.497 e. The molecule has 0 atom stereocenters. The molecule has 88 valence electrons. The Morgan fingerprint density at radius 2 is 1.71 bits per heavy atom. The highest BCUT2D eigenvalue weighted by Crippen LogP contribution is 2.24. The van der Waals surface area contributed by atoms with Crippen molar-refractivity contribution in [1.82, 2.24) is 0 Å². The maximum absolute atomic E-state index is 11.5. The average molecular weight is 230 g/mol. The van der Waals surface area contributed by atoms with Gasteiger partial charge in [-0.05, 0) is 49.7 Å². The van der Waals surface area contributed by atoms with Crippen LogP contribution in [0.5, 0.6) is 5.75 Å². The van der Waals surface area contributed by atoms with Crippen molar-refractivity contribution in [2.75, 3.05) is 7.11 Å². The van der Waals surface area contributed by atoms with Crippen LogP contribution in [0, 0.1) is 13.8 Å². The number of benzene rings is 1. The molecule has 3 heteroatoms. The molecular weight excluding hydrogens is 216 g/mol. The third kappa shape index (κ3) is 2.23. The van der Waals surface area contributed by atoms with Crippen LogP contribution in [0.3, 0.4) is 0 Å². The Morgan fingerprint density at radius 1 is 1.06 bits per heavy atom. The average Bonchev–Trinajstić information content (AvgIpc) is 2.34. The molecule has 0 amide bonds. The van der Waals surface area contributed by atoms with Crippen LogP contribution in [-0.4, -0.2) is 7.11 Å². The Bertz CT molecular complexity index is 579. The maximum atomic E-state index is 11.5. The van der Waals surface area contributed by atoms with Gasteiger partial charge in [-0.15, -0.1) is 0 Å². The highest BCUT2D eigenvalue weighted by atomic mass is 16.5. The van der Waals surface area contributed by atoms with E-state index in [1.165, 1.54) is 0 Å². The summed E-state index contributed by atoms with van der Waals surface area (Å²) in [6.45, 7) is 3.67. The van der Waals surface area contributed by atoms with Gasteiger partial charge in [0.1, 0.15) is 11.5 Å². The molecule has 1 aromatic carbocycles. The van der Waals surface area contributed by atoms with Gasteiger partial charge in [-0.1, -0.05) is 0 Å². The quantitative estimate of drug-likeness (QED) is 0.796. The van der Waals surface area contributed by atoms with E-state index in [2.05, 4.69) is 0 Å². The van der Waals surface area contributed by atoms with Gasteiger partial charge in [-0.2, -0.15) is 0 Å². The molecule has 0 N–H and O–H groups in total. The maximum Gasteiger partial charge on any atom is 0.339 e. The molecule has 0 saturated carbocycles. The summed E-state index contributed by atoms with van der Waals surface area (Å²) in [5.41, 5.74) is 2.16. The number of hydrogen-bond donors (Lipinski definition) is 0. The van der Waals surface area contributed by atoms with E-state index in [1.54, 1.807) is 14.0 Å². The molecule has 2 rings (SSSR count). The molecule has 0 aliphatic carbocycles. The molecular formula is C14H14O3. The summed E-state index contributed by atoms with van der Waals surface area (Å²) in [7, 11) is 1.62. The number of hydrogen-bond acceptors (Lipinski definition) is 3. The summed E-state index contributed by atoms with van der Waals surface area (Å²) in [6, 6.07) is 9.27. The molecule has 2 aromatic rings. The Hall–Kier alpha value is -2.03. The highest BCUT2D eigenvalue weighted by molar-refractivity contribution is 5.61. The third-order valence-electron chi connectivity index (χ3n) is 2.66. The minimum absolute atomic E-state index is 0.290. The molecule has 0 saturated heterocycles. The second-order valence-corrected chi connectivity index (χ2v) is 3.96. The Kier molecular flexibility index (Phi) is 3.00. The number of rotatable bonds is 2. The standard InChI is InChI=1S/C14H14O3/c1-9-8-10(2)14(15)17-13(9)11-4-6-12(16-3)7-5-11/h4-8H,1-3H3. The molecule has 17 heavy (non-hydrogen) atoms. The summed E-state index contributed by atoms with van der Waals surface area (Å²) >= 11 is 0. The topological polar surface area (TPSA) is 39.4 Å². The van der Waals surface area contributed by atoms with Crippen LogP contribution in [0.15, 0.2) is 39.5 Å². The fourth-order valence-electron chi connectivity index (χ4n) is 1.73. The first-order valence-corrected chi connectivity index (χ1v) is 5.37. The summed E-state index contributed by atoms with van der Waals surface area (Å²) in [5, 5.41) is 0. The van der Waals surface area contributed by atoms with Crippen molar-refractivity contribution >= 4 is 0 Å². The lowest BCUT2D eigenvalue weighted by Crippen LogP contribution is -2.04. The molecule has 0 aliphatic heterocycles. The Morgan fingerprint density at radius 3 is 2.29 bits per heavy atom. The second kappa shape index (κ2) is 4.45. The van der Waals surface area contributed by atoms with E-state index in [1.807, 2.05) is 37.3 Å². The van der Waals surface area contributed by atoms with Crippen LogP contribution in [-0.2, 0) is 0 Å². The predicted molar refractivity (Wildman–Crippen MR) is 66.4 cm³/mol. The summed E-state index contributed by atoms with van der Waals surface area (Å²) < 4.78 is 10.4. The lowest BCUT2D eigenvalue weighted by Gasteiger charge is -2.06. The molecule has 1 aromatic heterocycles. The Balaban J connectivity index is 2.52. The molecule has 3 nitrogen and oxygen atoms in total. The van der Waals surface area contributed by atoms with Gasteiger partial charge in [0, 0.05) is 11.1 Å². The molecule has 0 bridgehead atoms. The summed E-state index contributed by atoms with van der Waals surface area (Å²) in [4.78, 5) is 11.5. The second-order valence-electron chi connectivity index (χ2n) is 3.96. The van der Waals surface area contributed by atoms with E-state index in [4.69, 9.17) is 9.15 Å². The zero-order chi connectivity index (χ0) is 12.4. The van der Waals surface area contributed by atoms with Crippen LogP contribution in [0.1, 0.15) is 11.1 Å². The highest BCUT2D eigenvalue weighted by Gasteiger charge is 2.07.